The van der Waals surface area contributed by atoms with Gasteiger partial charge in [0.15, 0.2) is 0 Å². The quantitative estimate of drug-likeness (QED) is 0.839. The highest BCUT2D eigenvalue weighted by Crippen LogP contribution is 2.29. The van der Waals surface area contributed by atoms with Gasteiger partial charge in [-0.25, -0.2) is 4.98 Å². The Labute approximate surface area is 161 Å². The smallest absolute Gasteiger partial charge is 0.361 e. The minimum atomic E-state index is -4.40. The van der Waals surface area contributed by atoms with E-state index in [1.165, 1.54) is 6.07 Å². The molecular weight excluding hydrogens is 373 g/mol. The molecule has 1 saturated heterocycles. The van der Waals surface area contributed by atoms with Crippen molar-refractivity contribution in [3.8, 4) is 0 Å². The van der Waals surface area contributed by atoms with Gasteiger partial charge in [-0.2, -0.15) is 13.2 Å². The van der Waals surface area contributed by atoms with Crippen LogP contribution < -0.4 is 10.2 Å². The monoisotopic (exact) mass is 396 g/mol. The van der Waals surface area contributed by atoms with E-state index >= 15 is 0 Å². The maximum absolute atomic E-state index is 12.7. The van der Waals surface area contributed by atoms with Crippen molar-refractivity contribution in [1.29, 1.82) is 0 Å². The van der Waals surface area contributed by atoms with Gasteiger partial charge in [-0.3, -0.25) is 4.79 Å². The maximum atomic E-state index is 12.7. The summed E-state index contributed by atoms with van der Waals surface area (Å²) >= 11 is 0. The molecule has 9 heteroatoms. The number of carbonyl (C=O) groups excluding carboxylic acids is 1. The highest BCUT2D eigenvalue weighted by molar-refractivity contribution is 5.76. The summed E-state index contributed by atoms with van der Waals surface area (Å²) in [5.41, 5.74) is 0.981. The van der Waals surface area contributed by atoms with E-state index in [1.54, 1.807) is 0 Å². The molecule has 2 aromatic heterocycles. The Kier molecular flexibility index (Phi) is 5.90. The van der Waals surface area contributed by atoms with Gasteiger partial charge >= 0.3 is 6.18 Å². The van der Waals surface area contributed by atoms with Crippen LogP contribution in [0.3, 0.4) is 0 Å². The van der Waals surface area contributed by atoms with E-state index in [0.29, 0.717) is 31.7 Å². The van der Waals surface area contributed by atoms with Gasteiger partial charge in [0, 0.05) is 37.3 Å². The van der Waals surface area contributed by atoms with Gasteiger partial charge in [0.25, 0.3) is 0 Å². The molecule has 2 aromatic rings. The molecule has 1 amide bonds. The summed E-state index contributed by atoms with van der Waals surface area (Å²) in [6, 6.07) is 2.36. The van der Waals surface area contributed by atoms with E-state index < -0.39 is 11.7 Å². The fourth-order valence-electron chi connectivity index (χ4n) is 3.44. The number of nitrogens with one attached hydrogen (secondary N) is 1. The number of pyridine rings is 1. The summed E-state index contributed by atoms with van der Waals surface area (Å²) in [5.74, 6) is 1.15. The van der Waals surface area contributed by atoms with Crippen molar-refractivity contribution in [3.63, 3.8) is 0 Å². The number of carbonyl (C=O) groups is 1. The zero-order chi connectivity index (χ0) is 20.3. The van der Waals surface area contributed by atoms with Gasteiger partial charge in [0.05, 0.1) is 11.3 Å². The first-order chi connectivity index (χ1) is 13.2. The molecule has 1 fully saturated rings. The molecule has 1 atom stereocenters. The molecule has 0 aromatic carbocycles. The summed E-state index contributed by atoms with van der Waals surface area (Å²) in [7, 11) is 0. The summed E-state index contributed by atoms with van der Waals surface area (Å²) in [4.78, 5) is 18.2. The van der Waals surface area contributed by atoms with Crippen LogP contribution >= 0.6 is 0 Å². The lowest BCUT2D eigenvalue weighted by molar-refractivity contribution is -0.137. The first-order valence-corrected chi connectivity index (χ1v) is 9.23. The second-order valence-corrected chi connectivity index (χ2v) is 7.06. The number of hydrogen-bond acceptors (Lipinski definition) is 5. The standard InChI is InChI=1S/C19H23F3N4O2/c1-12-16(13(2)28-25-12)6-8-18(27)24-15-4-3-9-26(11-15)17-7-5-14(10-23-17)19(20,21)22/h5,7,10,15H,3-4,6,8-9,11H2,1-2H3,(H,24,27)/t15-/m1/s1. The third-order valence-electron chi connectivity index (χ3n) is 4.97. The maximum Gasteiger partial charge on any atom is 0.417 e. The summed E-state index contributed by atoms with van der Waals surface area (Å²) in [6.45, 7) is 4.89. The molecule has 152 valence electrons. The zero-order valence-electron chi connectivity index (χ0n) is 15.8. The Morgan fingerprint density at radius 1 is 1.36 bits per heavy atom. The molecule has 1 aliphatic rings. The van der Waals surface area contributed by atoms with Gasteiger partial charge in [-0.15, -0.1) is 0 Å². The molecule has 3 heterocycles. The molecule has 3 rings (SSSR count). The zero-order valence-corrected chi connectivity index (χ0v) is 15.8. The lowest BCUT2D eigenvalue weighted by Crippen LogP contribution is -2.48. The van der Waals surface area contributed by atoms with E-state index in [0.717, 1.165) is 42.1 Å². The van der Waals surface area contributed by atoms with Crippen LogP contribution in [0.15, 0.2) is 22.9 Å². The first-order valence-electron chi connectivity index (χ1n) is 9.23. The Bertz CT molecular complexity index is 798. The van der Waals surface area contributed by atoms with Crippen molar-refractivity contribution in [1.82, 2.24) is 15.5 Å². The van der Waals surface area contributed by atoms with Crippen LogP contribution in [-0.2, 0) is 17.4 Å². The number of alkyl halides is 3. The fraction of sp³-hybridized carbons (Fsp3) is 0.526. The first kappa shape index (κ1) is 20.2. The summed E-state index contributed by atoms with van der Waals surface area (Å²) < 4.78 is 43.1. The van der Waals surface area contributed by atoms with Crippen LogP contribution in [0.25, 0.3) is 0 Å². The van der Waals surface area contributed by atoms with Gasteiger partial charge in [0.2, 0.25) is 5.91 Å². The predicted molar refractivity (Wildman–Crippen MR) is 96.9 cm³/mol. The minimum Gasteiger partial charge on any atom is -0.361 e. The molecular formula is C19H23F3N4O2. The molecule has 28 heavy (non-hydrogen) atoms. The second kappa shape index (κ2) is 8.20. The molecule has 6 nitrogen and oxygen atoms in total. The van der Waals surface area contributed by atoms with E-state index in [2.05, 4.69) is 15.5 Å². The van der Waals surface area contributed by atoms with Crippen molar-refractivity contribution in [2.75, 3.05) is 18.0 Å². The second-order valence-electron chi connectivity index (χ2n) is 7.06. The lowest BCUT2D eigenvalue weighted by atomic mass is 10.0. The van der Waals surface area contributed by atoms with Crippen LogP contribution in [0.5, 0.6) is 0 Å². The molecule has 0 radical (unpaired) electrons. The number of halogens is 3. The number of hydrogen-bond donors (Lipinski definition) is 1. The van der Waals surface area contributed by atoms with E-state index in [-0.39, 0.29) is 11.9 Å². The number of rotatable bonds is 5. The molecule has 0 aliphatic carbocycles. The van der Waals surface area contributed by atoms with Crippen LogP contribution in [-0.4, -0.2) is 35.2 Å². The SMILES string of the molecule is Cc1noc(C)c1CCC(=O)N[C@@H]1CCCN(c2ccc(C(F)(F)F)cn2)C1. The fourth-order valence-corrected chi connectivity index (χ4v) is 3.44. The van der Waals surface area contributed by atoms with Crippen molar-refractivity contribution >= 4 is 11.7 Å². The third-order valence-corrected chi connectivity index (χ3v) is 4.97. The number of piperidine rings is 1. The van der Waals surface area contributed by atoms with Crippen LogP contribution in [0.2, 0.25) is 0 Å². The number of anilines is 1. The van der Waals surface area contributed by atoms with Crippen molar-refractivity contribution in [2.24, 2.45) is 0 Å². The average Bonchev–Trinajstić information content (AvgIpc) is 2.97. The van der Waals surface area contributed by atoms with Crippen molar-refractivity contribution in [2.45, 2.75) is 51.7 Å². The third kappa shape index (κ3) is 4.82. The van der Waals surface area contributed by atoms with E-state index in [1.807, 2.05) is 18.7 Å². The Morgan fingerprint density at radius 3 is 2.75 bits per heavy atom. The molecule has 1 aliphatic heterocycles. The Hall–Kier alpha value is -2.58. The van der Waals surface area contributed by atoms with Crippen LogP contribution in [0.1, 0.15) is 41.8 Å². The van der Waals surface area contributed by atoms with Crippen molar-refractivity contribution in [3.05, 3.63) is 40.9 Å². The van der Waals surface area contributed by atoms with Crippen LogP contribution in [0.4, 0.5) is 19.0 Å². The van der Waals surface area contributed by atoms with Gasteiger partial charge in [-0.05, 0) is 45.2 Å². The van der Waals surface area contributed by atoms with Gasteiger partial charge < -0.3 is 14.7 Å². The molecule has 1 N–H and O–H groups in total. The topological polar surface area (TPSA) is 71.3 Å². The van der Waals surface area contributed by atoms with E-state index in [4.69, 9.17) is 4.52 Å². The number of aromatic nitrogens is 2. The normalized spacial score (nSPS) is 17.6. The van der Waals surface area contributed by atoms with Crippen LogP contribution in [0, 0.1) is 13.8 Å². The minimum absolute atomic E-state index is 0.0602. The highest BCUT2D eigenvalue weighted by atomic mass is 19.4. The predicted octanol–water partition coefficient (Wildman–Crippen LogP) is 3.42. The van der Waals surface area contributed by atoms with Gasteiger partial charge in [-0.1, -0.05) is 5.16 Å². The highest BCUT2D eigenvalue weighted by Gasteiger charge is 2.31. The molecule has 0 saturated carbocycles. The molecule has 0 unspecified atom stereocenters. The number of amides is 1. The largest absolute Gasteiger partial charge is 0.417 e. The average molecular weight is 396 g/mol. The molecule has 0 spiro atoms. The Balaban J connectivity index is 1.54. The molecule has 0 bridgehead atoms. The van der Waals surface area contributed by atoms with Gasteiger partial charge in [0.1, 0.15) is 11.6 Å². The Morgan fingerprint density at radius 2 is 2.14 bits per heavy atom. The van der Waals surface area contributed by atoms with E-state index in [9.17, 15) is 18.0 Å². The summed E-state index contributed by atoms with van der Waals surface area (Å²) in [6.07, 6.45) is -1.00. The lowest BCUT2D eigenvalue weighted by Gasteiger charge is -2.34. The number of nitrogens with zero attached hydrogens (tertiary/aromatic N) is 3. The van der Waals surface area contributed by atoms with Crippen molar-refractivity contribution < 1.29 is 22.5 Å². The summed E-state index contributed by atoms with van der Waals surface area (Å²) in [5, 5.41) is 6.90. The number of aryl methyl sites for hydroxylation is 2.